The van der Waals surface area contributed by atoms with E-state index < -0.39 is 0 Å². The lowest BCUT2D eigenvalue weighted by Crippen LogP contribution is -2.38. The van der Waals surface area contributed by atoms with Crippen LogP contribution in [0, 0.1) is 20.8 Å². The molecule has 1 aromatic heterocycles. The van der Waals surface area contributed by atoms with Crippen molar-refractivity contribution in [3.63, 3.8) is 0 Å². The van der Waals surface area contributed by atoms with Gasteiger partial charge in [0, 0.05) is 44.4 Å². The topological polar surface area (TPSA) is 80.9 Å². The van der Waals surface area contributed by atoms with Crippen LogP contribution in [-0.2, 0) is 17.7 Å². The van der Waals surface area contributed by atoms with Crippen molar-refractivity contribution in [2.75, 3.05) is 33.4 Å². The van der Waals surface area contributed by atoms with Gasteiger partial charge in [0.2, 0.25) is 0 Å². The molecule has 0 amide bonds. The van der Waals surface area contributed by atoms with Gasteiger partial charge in [0.25, 0.3) is 0 Å². The highest BCUT2D eigenvalue weighted by Crippen LogP contribution is 2.21. The summed E-state index contributed by atoms with van der Waals surface area (Å²) in [5, 5.41) is 10.7. The molecule has 0 bridgehead atoms. The second kappa shape index (κ2) is 12.1. The molecule has 2 N–H and O–H groups in total. The van der Waals surface area contributed by atoms with Crippen LogP contribution in [0.1, 0.15) is 41.5 Å². The third-order valence-electron chi connectivity index (χ3n) is 4.57. The summed E-state index contributed by atoms with van der Waals surface area (Å²) in [6.45, 7) is 11.5. The molecule has 7 nitrogen and oxygen atoms in total. The first-order chi connectivity index (χ1) is 14.0. The van der Waals surface area contributed by atoms with Crippen molar-refractivity contribution in [1.29, 1.82) is 0 Å². The lowest BCUT2D eigenvalue weighted by molar-refractivity contribution is 0.172. The van der Waals surface area contributed by atoms with Crippen LogP contribution >= 0.6 is 0 Å². The Morgan fingerprint density at radius 2 is 2.00 bits per heavy atom. The molecule has 0 aliphatic carbocycles. The minimum atomic E-state index is 0.542. The number of guanidine groups is 1. The number of hydrogen-bond acceptors (Lipinski definition) is 5. The largest absolute Gasteiger partial charge is 0.493 e. The quantitative estimate of drug-likeness (QED) is 0.341. The summed E-state index contributed by atoms with van der Waals surface area (Å²) in [5.74, 6) is 2.54. The Labute approximate surface area is 173 Å². The number of methoxy groups -OCH3 is 1. The fourth-order valence-corrected chi connectivity index (χ4v) is 2.98. The smallest absolute Gasteiger partial charge is 0.191 e. The molecule has 2 rings (SSSR count). The van der Waals surface area contributed by atoms with E-state index in [-0.39, 0.29) is 0 Å². The molecule has 29 heavy (non-hydrogen) atoms. The summed E-state index contributed by atoms with van der Waals surface area (Å²) >= 11 is 0. The molecular weight excluding hydrogens is 368 g/mol. The van der Waals surface area contributed by atoms with Gasteiger partial charge >= 0.3 is 0 Å². The van der Waals surface area contributed by atoms with Crippen LogP contribution in [0.2, 0.25) is 0 Å². The standard InChI is InChI=1S/C22H34N4O3/c1-6-23-22(24-11-10-20-17(3)26-29-18(20)4)25-15-19-9-8-16(2)14-21(19)28-13-7-12-27-5/h8-9,14H,6-7,10-13,15H2,1-5H3,(H2,23,24,25). The van der Waals surface area contributed by atoms with Crippen molar-refractivity contribution in [3.05, 3.63) is 46.3 Å². The maximum absolute atomic E-state index is 5.96. The number of rotatable bonds is 11. The van der Waals surface area contributed by atoms with Gasteiger partial charge in [0.1, 0.15) is 11.5 Å². The monoisotopic (exact) mass is 402 g/mol. The zero-order valence-electron chi connectivity index (χ0n) is 18.3. The van der Waals surface area contributed by atoms with Gasteiger partial charge in [-0.3, -0.25) is 0 Å². The average molecular weight is 403 g/mol. The van der Waals surface area contributed by atoms with Gasteiger partial charge < -0.3 is 24.6 Å². The highest BCUT2D eigenvalue weighted by molar-refractivity contribution is 5.79. The molecule has 0 unspecified atom stereocenters. The predicted molar refractivity (Wildman–Crippen MR) is 116 cm³/mol. The van der Waals surface area contributed by atoms with E-state index in [2.05, 4.69) is 47.8 Å². The van der Waals surface area contributed by atoms with E-state index in [1.54, 1.807) is 7.11 Å². The Kier molecular flexibility index (Phi) is 9.50. The van der Waals surface area contributed by atoms with Crippen LogP contribution in [0.5, 0.6) is 5.75 Å². The fraction of sp³-hybridized carbons (Fsp3) is 0.545. The zero-order valence-corrected chi connectivity index (χ0v) is 18.3. The Balaban J connectivity index is 1.98. The second-order valence-corrected chi connectivity index (χ2v) is 6.98. The van der Waals surface area contributed by atoms with Gasteiger partial charge in [-0.25, -0.2) is 4.99 Å². The Hall–Kier alpha value is -2.54. The highest BCUT2D eigenvalue weighted by atomic mass is 16.5. The molecule has 0 fully saturated rings. The minimum Gasteiger partial charge on any atom is -0.493 e. The van der Waals surface area contributed by atoms with Crippen molar-refractivity contribution in [2.24, 2.45) is 4.99 Å². The van der Waals surface area contributed by atoms with Gasteiger partial charge in [-0.15, -0.1) is 0 Å². The third kappa shape index (κ3) is 7.42. The number of ether oxygens (including phenoxy) is 2. The number of nitrogens with zero attached hydrogens (tertiary/aromatic N) is 2. The number of aromatic nitrogens is 1. The lowest BCUT2D eigenvalue weighted by Gasteiger charge is -2.14. The van der Waals surface area contributed by atoms with E-state index in [0.29, 0.717) is 19.8 Å². The van der Waals surface area contributed by atoms with Crippen LogP contribution in [-0.4, -0.2) is 44.5 Å². The van der Waals surface area contributed by atoms with Crippen molar-refractivity contribution in [1.82, 2.24) is 15.8 Å². The van der Waals surface area contributed by atoms with E-state index >= 15 is 0 Å². The van der Waals surface area contributed by atoms with Crippen molar-refractivity contribution in [3.8, 4) is 5.75 Å². The number of aliphatic imine (C=N–C) groups is 1. The van der Waals surface area contributed by atoms with Gasteiger partial charge in [0.15, 0.2) is 5.96 Å². The maximum atomic E-state index is 5.96. The molecule has 1 aromatic carbocycles. The van der Waals surface area contributed by atoms with Crippen molar-refractivity contribution >= 4 is 5.96 Å². The van der Waals surface area contributed by atoms with Gasteiger partial charge in [-0.05, 0) is 45.7 Å². The number of benzene rings is 1. The molecule has 0 radical (unpaired) electrons. The van der Waals surface area contributed by atoms with E-state index in [1.807, 2.05) is 13.8 Å². The van der Waals surface area contributed by atoms with E-state index in [4.69, 9.17) is 19.0 Å². The number of aryl methyl sites for hydroxylation is 3. The summed E-state index contributed by atoms with van der Waals surface area (Å²) in [5.41, 5.74) is 4.33. The molecule has 7 heteroatoms. The van der Waals surface area contributed by atoms with Gasteiger partial charge in [-0.1, -0.05) is 17.3 Å². The second-order valence-electron chi connectivity index (χ2n) is 6.98. The van der Waals surface area contributed by atoms with E-state index in [1.165, 1.54) is 5.56 Å². The molecule has 0 atom stereocenters. The van der Waals surface area contributed by atoms with E-state index in [0.717, 1.165) is 60.2 Å². The van der Waals surface area contributed by atoms with Crippen molar-refractivity contribution < 1.29 is 14.0 Å². The first-order valence-corrected chi connectivity index (χ1v) is 10.2. The highest BCUT2D eigenvalue weighted by Gasteiger charge is 2.09. The molecule has 160 valence electrons. The first kappa shape index (κ1) is 22.7. The van der Waals surface area contributed by atoms with Crippen LogP contribution in [0.4, 0.5) is 0 Å². The molecule has 2 aromatic rings. The van der Waals surface area contributed by atoms with Crippen LogP contribution in [0.25, 0.3) is 0 Å². The SMILES string of the molecule is CCNC(=NCc1ccc(C)cc1OCCCOC)NCCc1c(C)noc1C. The average Bonchev–Trinajstić information content (AvgIpc) is 3.02. The lowest BCUT2D eigenvalue weighted by atomic mass is 10.1. The predicted octanol–water partition coefficient (Wildman–Crippen LogP) is 3.31. The molecular formula is C22H34N4O3. The fourth-order valence-electron chi connectivity index (χ4n) is 2.98. The summed E-state index contributed by atoms with van der Waals surface area (Å²) in [6.07, 6.45) is 1.70. The normalized spacial score (nSPS) is 11.6. The summed E-state index contributed by atoms with van der Waals surface area (Å²) in [4.78, 5) is 4.73. The molecule has 1 heterocycles. The summed E-state index contributed by atoms with van der Waals surface area (Å²) in [7, 11) is 1.70. The Bertz CT molecular complexity index is 767. The molecule has 0 saturated carbocycles. The van der Waals surface area contributed by atoms with Gasteiger partial charge in [0.05, 0.1) is 18.8 Å². The van der Waals surface area contributed by atoms with Crippen LogP contribution in [0.15, 0.2) is 27.7 Å². The van der Waals surface area contributed by atoms with Crippen molar-refractivity contribution in [2.45, 2.75) is 47.1 Å². The summed E-state index contributed by atoms with van der Waals surface area (Å²) < 4.78 is 16.3. The zero-order chi connectivity index (χ0) is 21.1. The molecule has 0 aliphatic rings. The molecule has 0 spiro atoms. The number of nitrogens with one attached hydrogen (secondary N) is 2. The number of hydrogen-bond donors (Lipinski definition) is 2. The molecule has 0 saturated heterocycles. The Morgan fingerprint density at radius 1 is 1.17 bits per heavy atom. The van der Waals surface area contributed by atoms with Gasteiger partial charge in [-0.2, -0.15) is 0 Å². The molecule has 0 aliphatic heterocycles. The van der Waals surface area contributed by atoms with E-state index in [9.17, 15) is 0 Å². The minimum absolute atomic E-state index is 0.542. The maximum Gasteiger partial charge on any atom is 0.191 e. The van der Waals surface area contributed by atoms with Crippen LogP contribution in [0.3, 0.4) is 0 Å². The van der Waals surface area contributed by atoms with Crippen LogP contribution < -0.4 is 15.4 Å². The summed E-state index contributed by atoms with van der Waals surface area (Å²) in [6, 6.07) is 6.23. The first-order valence-electron chi connectivity index (χ1n) is 10.2. The Morgan fingerprint density at radius 3 is 2.69 bits per heavy atom. The third-order valence-corrected chi connectivity index (χ3v) is 4.57.